The maximum atomic E-state index is 13.1. The van der Waals surface area contributed by atoms with Crippen LogP contribution in [-0.4, -0.2) is 20.8 Å². The Labute approximate surface area is 161 Å². The van der Waals surface area contributed by atoms with Crippen LogP contribution in [0.5, 0.6) is 11.5 Å². The van der Waals surface area contributed by atoms with Gasteiger partial charge in [-0.1, -0.05) is 17.7 Å². The summed E-state index contributed by atoms with van der Waals surface area (Å²) in [6, 6.07) is 8.07. The Kier molecular flexibility index (Phi) is 5.86. The molecule has 0 aromatic heterocycles. The lowest BCUT2D eigenvalue weighted by Gasteiger charge is -2.28. The number of rotatable bonds is 5. The Hall–Kier alpha value is -1.92. The SMILES string of the molecule is COc1cc2c(cc1OC)[C@H](CCc1ccc(Cl)c(C(F)(F)F)c1)NCC2. The summed E-state index contributed by atoms with van der Waals surface area (Å²) < 4.78 is 49.9. The van der Waals surface area contributed by atoms with Crippen LogP contribution in [0.3, 0.4) is 0 Å². The van der Waals surface area contributed by atoms with Crippen molar-refractivity contribution in [2.45, 2.75) is 31.5 Å². The highest BCUT2D eigenvalue weighted by Gasteiger charge is 2.33. The van der Waals surface area contributed by atoms with Gasteiger partial charge in [0.25, 0.3) is 0 Å². The summed E-state index contributed by atoms with van der Waals surface area (Å²) in [6.45, 7) is 0.807. The molecule has 7 heteroatoms. The van der Waals surface area contributed by atoms with Gasteiger partial charge in [-0.15, -0.1) is 0 Å². The Morgan fingerprint density at radius 2 is 1.81 bits per heavy atom. The van der Waals surface area contributed by atoms with Crippen LogP contribution in [0.25, 0.3) is 0 Å². The van der Waals surface area contributed by atoms with Crippen LogP contribution in [0.15, 0.2) is 30.3 Å². The third-order valence-electron chi connectivity index (χ3n) is 4.86. The third kappa shape index (κ3) is 4.33. The fourth-order valence-corrected chi connectivity index (χ4v) is 3.71. The van der Waals surface area contributed by atoms with Crippen molar-refractivity contribution in [3.63, 3.8) is 0 Å². The standard InChI is InChI=1S/C20H21ClF3NO2/c1-26-18-10-13-7-8-25-17(14(13)11-19(18)27-2)6-4-12-3-5-16(21)15(9-12)20(22,23)24/h3,5,9-11,17,25H,4,6-8H2,1-2H3/t17-/m0/s1. The number of hydrogen-bond donors (Lipinski definition) is 1. The first kappa shape index (κ1) is 19.8. The molecule has 1 N–H and O–H groups in total. The van der Waals surface area contributed by atoms with Crippen LogP contribution < -0.4 is 14.8 Å². The lowest BCUT2D eigenvalue weighted by molar-refractivity contribution is -0.137. The van der Waals surface area contributed by atoms with E-state index in [0.29, 0.717) is 29.9 Å². The van der Waals surface area contributed by atoms with E-state index in [1.165, 1.54) is 11.6 Å². The van der Waals surface area contributed by atoms with Gasteiger partial charge in [0.2, 0.25) is 0 Å². The lowest BCUT2D eigenvalue weighted by Crippen LogP contribution is -2.30. The molecule has 0 radical (unpaired) electrons. The van der Waals surface area contributed by atoms with Gasteiger partial charge in [0, 0.05) is 6.04 Å². The number of methoxy groups -OCH3 is 2. The van der Waals surface area contributed by atoms with Gasteiger partial charge in [0.1, 0.15) is 0 Å². The molecule has 0 aliphatic carbocycles. The molecule has 3 nitrogen and oxygen atoms in total. The van der Waals surface area contributed by atoms with Crippen LogP contribution in [0, 0.1) is 0 Å². The van der Waals surface area contributed by atoms with Gasteiger partial charge in [0.05, 0.1) is 24.8 Å². The Morgan fingerprint density at radius 3 is 2.48 bits per heavy atom. The molecule has 0 fully saturated rings. The normalized spacial score (nSPS) is 16.7. The van der Waals surface area contributed by atoms with Crippen LogP contribution in [-0.2, 0) is 19.0 Å². The zero-order valence-corrected chi connectivity index (χ0v) is 15.9. The van der Waals surface area contributed by atoms with Crippen molar-refractivity contribution in [2.24, 2.45) is 0 Å². The zero-order valence-electron chi connectivity index (χ0n) is 15.1. The second kappa shape index (κ2) is 7.98. The summed E-state index contributed by atoms with van der Waals surface area (Å²) in [5.74, 6) is 1.33. The molecule has 1 atom stereocenters. The molecule has 0 saturated carbocycles. The van der Waals surface area contributed by atoms with E-state index < -0.39 is 11.7 Å². The highest BCUT2D eigenvalue weighted by Crippen LogP contribution is 2.38. The van der Waals surface area contributed by atoms with E-state index in [0.717, 1.165) is 24.6 Å². The summed E-state index contributed by atoms with van der Waals surface area (Å²) >= 11 is 5.70. The number of fused-ring (bicyclic) bond motifs is 1. The molecule has 0 unspecified atom stereocenters. The monoisotopic (exact) mass is 399 g/mol. The lowest BCUT2D eigenvalue weighted by atomic mass is 9.90. The van der Waals surface area contributed by atoms with Crippen molar-refractivity contribution in [2.75, 3.05) is 20.8 Å². The molecule has 1 aliphatic rings. The zero-order chi connectivity index (χ0) is 19.6. The summed E-state index contributed by atoms with van der Waals surface area (Å²) in [5, 5.41) is 3.17. The van der Waals surface area contributed by atoms with E-state index in [1.807, 2.05) is 12.1 Å². The van der Waals surface area contributed by atoms with Gasteiger partial charge in [0.15, 0.2) is 11.5 Å². The molecule has 2 aromatic rings. The average Bonchev–Trinajstić information content (AvgIpc) is 2.65. The van der Waals surface area contributed by atoms with Gasteiger partial charge in [-0.3, -0.25) is 0 Å². The number of aryl methyl sites for hydroxylation is 1. The first-order chi connectivity index (χ1) is 12.8. The number of hydrogen-bond acceptors (Lipinski definition) is 3. The second-order valence-electron chi connectivity index (χ2n) is 6.51. The Morgan fingerprint density at radius 1 is 1.11 bits per heavy atom. The predicted octanol–water partition coefficient (Wildman–Crippen LogP) is 5.20. The quantitative estimate of drug-likeness (QED) is 0.750. The minimum atomic E-state index is -4.45. The van der Waals surface area contributed by atoms with E-state index in [-0.39, 0.29) is 11.1 Å². The summed E-state index contributed by atoms with van der Waals surface area (Å²) in [6.07, 6.45) is -2.41. The largest absolute Gasteiger partial charge is 0.493 e. The van der Waals surface area contributed by atoms with Gasteiger partial charge in [-0.25, -0.2) is 0 Å². The molecule has 27 heavy (non-hydrogen) atoms. The molecule has 1 heterocycles. The first-order valence-corrected chi connectivity index (χ1v) is 9.05. The van der Waals surface area contributed by atoms with E-state index in [9.17, 15) is 13.2 Å². The maximum Gasteiger partial charge on any atom is 0.417 e. The van der Waals surface area contributed by atoms with Gasteiger partial charge < -0.3 is 14.8 Å². The number of halogens is 4. The minimum Gasteiger partial charge on any atom is -0.493 e. The fourth-order valence-electron chi connectivity index (χ4n) is 3.48. The van der Waals surface area contributed by atoms with Gasteiger partial charge in [-0.05, 0) is 66.8 Å². The predicted molar refractivity (Wildman–Crippen MR) is 98.8 cm³/mol. The third-order valence-corrected chi connectivity index (χ3v) is 5.19. The Bertz CT molecular complexity index is 824. The van der Waals surface area contributed by atoms with Crippen molar-refractivity contribution in [1.82, 2.24) is 5.32 Å². The molecule has 2 aromatic carbocycles. The van der Waals surface area contributed by atoms with E-state index in [4.69, 9.17) is 21.1 Å². The first-order valence-electron chi connectivity index (χ1n) is 8.67. The minimum absolute atomic E-state index is 0.0403. The van der Waals surface area contributed by atoms with Crippen molar-refractivity contribution in [3.8, 4) is 11.5 Å². The molecule has 3 rings (SSSR count). The second-order valence-corrected chi connectivity index (χ2v) is 6.92. The topological polar surface area (TPSA) is 30.5 Å². The molecular weight excluding hydrogens is 379 g/mol. The highest BCUT2D eigenvalue weighted by atomic mass is 35.5. The number of alkyl halides is 3. The van der Waals surface area contributed by atoms with Gasteiger partial charge in [-0.2, -0.15) is 13.2 Å². The van der Waals surface area contributed by atoms with Crippen LogP contribution in [0.4, 0.5) is 13.2 Å². The van der Waals surface area contributed by atoms with E-state index >= 15 is 0 Å². The van der Waals surface area contributed by atoms with E-state index in [2.05, 4.69) is 5.32 Å². The number of nitrogens with one attached hydrogen (secondary N) is 1. The molecule has 0 saturated heterocycles. The molecule has 0 spiro atoms. The summed E-state index contributed by atoms with van der Waals surface area (Å²) in [4.78, 5) is 0. The molecular formula is C20H21ClF3NO2. The highest BCUT2D eigenvalue weighted by molar-refractivity contribution is 6.31. The van der Waals surface area contributed by atoms with Crippen LogP contribution in [0.1, 0.15) is 34.7 Å². The number of benzene rings is 2. The van der Waals surface area contributed by atoms with Crippen LogP contribution in [0.2, 0.25) is 5.02 Å². The van der Waals surface area contributed by atoms with Crippen molar-refractivity contribution in [3.05, 3.63) is 57.6 Å². The Balaban J connectivity index is 1.81. The van der Waals surface area contributed by atoms with Gasteiger partial charge >= 0.3 is 6.18 Å². The number of ether oxygens (including phenoxy) is 2. The average molecular weight is 400 g/mol. The van der Waals surface area contributed by atoms with Crippen molar-refractivity contribution < 1.29 is 22.6 Å². The molecule has 1 aliphatic heterocycles. The summed E-state index contributed by atoms with van der Waals surface area (Å²) in [5.41, 5.74) is 2.10. The molecule has 0 bridgehead atoms. The molecule has 146 valence electrons. The smallest absolute Gasteiger partial charge is 0.417 e. The fraction of sp³-hybridized carbons (Fsp3) is 0.400. The molecule has 0 amide bonds. The maximum absolute atomic E-state index is 13.1. The van der Waals surface area contributed by atoms with E-state index in [1.54, 1.807) is 20.3 Å². The summed E-state index contributed by atoms with van der Waals surface area (Å²) in [7, 11) is 3.18. The van der Waals surface area contributed by atoms with Crippen LogP contribution >= 0.6 is 11.6 Å². The van der Waals surface area contributed by atoms with Crippen molar-refractivity contribution >= 4 is 11.6 Å². The van der Waals surface area contributed by atoms with Crippen molar-refractivity contribution in [1.29, 1.82) is 0 Å².